The first-order valence-electron chi connectivity index (χ1n) is 9.58. The predicted octanol–water partition coefficient (Wildman–Crippen LogP) is 6.39. The Bertz CT molecular complexity index is 1200. The minimum atomic E-state index is -4.34. The molecule has 0 unspecified atom stereocenters. The summed E-state index contributed by atoms with van der Waals surface area (Å²) >= 11 is 0. The van der Waals surface area contributed by atoms with E-state index in [9.17, 15) is 17.6 Å². The molecule has 0 aliphatic rings. The van der Waals surface area contributed by atoms with E-state index in [1.165, 1.54) is 18.3 Å². The maximum atomic E-state index is 13.6. The number of aromatic amines is 1. The van der Waals surface area contributed by atoms with E-state index in [0.29, 0.717) is 29.7 Å². The van der Waals surface area contributed by atoms with Gasteiger partial charge >= 0.3 is 6.18 Å². The summed E-state index contributed by atoms with van der Waals surface area (Å²) in [6.45, 7) is 2.18. The zero-order chi connectivity index (χ0) is 22.0. The second kappa shape index (κ2) is 8.29. The van der Waals surface area contributed by atoms with Crippen LogP contribution < -0.4 is 10.1 Å². The fourth-order valence-electron chi connectivity index (χ4n) is 3.24. The Kier molecular flexibility index (Phi) is 5.54. The van der Waals surface area contributed by atoms with E-state index in [-0.39, 0.29) is 5.82 Å². The quantitative estimate of drug-likeness (QED) is 0.349. The van der Waals surface area contributed by atoms with Crippen LogP contribution in [0.1, 0.15) is 16.7 Å². The van der Waals surface area contributed by atoms with Gasteiger partial charge in [-0.15, -0.1) is 0 Å². The molecule has 4 aromatic rings. The smallest absolute Gasteiger partial charge is 0.416 e. The number of hydrogen-bond donors (Lipinski definition) is 2. The third kappa shape index (κ3) is 4.63. The molecule has 8 heteroatoms. The molecule has 0 bridgehead atoms. The second-order valence-corrected chi connectivity index (χ2v) is 7.13. The van der Waals surface area contributed by atoms with Crippen molar-refractivity contribution < 1.29 is 22.3 Å². The average molecular weight is 429 g/mol. The third-order valence-electron chi connectivity index (χ3n) is 5.01. The lowest BCUT2D eigenvalue weighted by Gasteiger charge is -2.14. The summed E-state index contributed by atoms with van der Waals surface area (Å²) in [4.78, 5) is 7.07. The largest absolute Gasteiger partial charge is 0.491 e. The average Bonchev–Trinajstić information content (AvgIpc) is 3.10. The van der Waals surface area contributed by atoms with Crippen LogP contribution in [0, 0.1) is 12.7 Å². The van der Waals surface area contributed by atoms with Crippen LogP contribution in [0.3, 0.4) is 0 Å². The van der Waals surface area contributed by atoms with Gasteiger partial charge in [-0.3, -0.25) is 4.98 Å². The summed E-state index contributed by atoms with van der Waals surface area (Å²) in [7, 11) is 0. The number of benzene rings is 2. The molecule has 160 valence electrons. The van der Waals surface area contributed by atoms with Gasteiger partial charge in [0.15, 0.2) is 0 Å². The topological polar surface area (TPSA) is 49.9 Å². The normalized spacial score (nSPS) is 11.6. The summed E-state index contributed by atoms with van der Waals surface area (Å²) in [5.41, 5.74) is 3.09. The molecular weight excluding hydrogens is 410 g/mol. The Hall–Kier alpha value is -3.55. The highest BCUT2D eigenvalue weighted by atomic mass is 19.4. The van der Waals surface area contributed by atoms with Crippen molar-refractivity contribution in [1.29, 1.82) is 0 Å². The first kappa shape index (κ1) is 20.7. The molecular formula is C23H19F4N3O. The Morgan fingerprint density at radius 3 is 2.58 bits per heavy atom. The maximum absolute atomic E-state index is 13.6. The van der Waals surface area contributed by atoms with Crippen molar-refractivity contribution in [3.8, 4) is 5.75 Å². The molecule has 2 heterocycles. The number of aromatic nitrogens is 2. The number of nitrogens with one attached hydrogen (secondary N) is 2. The number of hydrogen-bond acceptors (Lipinski definition) is 3. The molecule has 2 aromatic heterocycles. The number of rotatable bonds is 6. The minimum absolute atomic E-state index is 0.297. The molecule has 0 spiro atoms. The summed E-state index contributed by atoms with van der Waals surface area (Å²) in [6.07, 6.45) is 0.690. The van der Waals surface area contributed by atoms with E-state index < -0.39 is 11.7 Å². The van der Waals surface area contributed by atoms with Crippen molar-refractivity contribution in [3.63, 3.8) is 0 Å². The van der Waals surface area contributed by atoms with Crippen LogP contribution in [0.15, 0.2) is 61.1 Å². The first-order valence-corrected chi connectivity index (χ1v) is 9.58. The fraction of sp³-hybridized carbons (Fsp3) is 0.174. The van der Waals surface area contributed by atoms with Gasteiger partial charge in [0.25, 0.3) is 0 Å². The number of fused-ring (bicyclic) bond motifs is 1. The molecule has 0 saturated heterocycles. The fourth-order valence-corrected chi connectivity index (χ4v) is 3.24. The van der Waals surface area contributed by atoms with Gasteiger partial charge in [-0.05, 0) is 42.8 Å². The second-order valence-electron chi connectivity index (χ2n) is 7.13. The van der Waals surface area contributed by atoms with Crippen LogP contribution in [-0.4, -0.2) is 16.6 Å². The van der Waals surface area contributed by atoms with E-state index in [0.717, 1.165) is 34.6 Å². The summed E-state index contributed by atoms with van der Waals surface area (Å²) < 4.78 is 57.4. The molecule has 0 radical (unpaired) electrons. The molecule has 4 rings (SSSR count). The molecule has 0 fully saturated rings. The highest BCUT2D eigenvalue weighted by molar-refractivity contribution is 5.84. The number of halogens is 4. The van der Waals surface area contributed by atoms with E-state index in [4.69, 9.17) is 4.74 Å². The van der Waals surface area contributed by atoms with Gasteiger partial charge in [0.1, 0.15) is 11.6 Å². The van der Waals surface area contributed by atoms with Crippen LogP contribution in [0.4, 0.5) is 28.9 Å². The van der Waals surface area contributed by atoms with Crippen LogP contribution in [0.2, 0.25) is 0 Å². The number of ether oxygens (including phenoxy) is 1. The number of alkyl halides is 3. The van der Waals surface area contributed by atoms with Crippen molar-refractivity contribution in [2.75, 3.05) is 11.9 Å². The molecule has 31 heavy (non-hydrogen) atoms. The van der Waals surface area contributed by atoms with E-state index in [1.54, 1.807) is 30.6 Å². The highest BCUT2D eigenvalue weighted by Gasteiger charge is 2.29. The monoisotopic (exact) mass is 429 g/mol. The number of nitrogens with zero attached hydrogens (tertiary/aromatic N) is 1. The van der Waals surface area contributed by atoms with E-state index in [2.05, 4.69) is 15.3 Å². The van der Waals surface area contributed by atoms with Crippen molar-refractivity contribution in [2.24, 2.45) is 0 Å². The Morgan fingerprint density at radius 2 is 1.84 bits per heavy atom. The SMILES string of the molecule is Cc1c(Nc2ccc3c(F)c[nH]c3c2)cncc1OCCc1ccc(C(F)(F)F)cc1. The third-order valence-corrected chi connectivity index (χ3v) is 5.01. The van der Waals surface area contributed by atoms with Gasteiger partial charge in [-0.25, -0.2) is 4.39 Å². The summed E-state index contributed by atoms with van der Waals surface area (Å²) in [5, 5.41) is 3.77. The van der Waals surface area contributed by atoms with Gasteiger partial charge in [-0.1, -0.05) is 12.1 Å². The van der Waals surface area contributed by atoms with Crippen molar-refractivity contribution in [1.82, 2.24) is 9.97 Å². The lowest BCUT2D eigenvalue weighted by Crippen LogP contribution is -2.06. The molecule has 0 saturated carbocycles. The van der Waals surface area contributed by atoms with Gasteiger partial charge in [0.2, 0.25) is 0 Å². The Labute approximate surface area is 175 Å². The standard InChI is InChI=1S/C23H19F4N3O/c1-14-21(30-17-6-7-18-19(24)11-29-20(18)10-17)12-28-13-22(14)31-9-8-15-2-4-16(5-3-15)23(25,26)27/h2-7,10-13,29-30H,8-9H2,1H3. The van der Waals surface area contributed by atoms with Crippen LogP contribution in [-0.2, 0) is 12.6 Å². The van der Waals surface area contributed by atoms with Crippen LogP contribution in [0.5, 0.6) is 5.75 Å². The molecule has 0 aliphatic carbocycles. The number of H-pyrrole nitrogens is 1. The molecule has 2 N–H and O–H groups in total. The lowest BCUT2D eigenvalue weighted by atomic mass is 10.1. The number of pyridine rings is 1. The maximum Gasteiger partial charge on any atom is 0.416 e. The molecule has 2 aromatic carbocycles. The molecule has 0 amide bonds. The predicted molar refractivity (Wildman–Crippen MR) is 111 cm³/mol. The zero-order valence-electron chi connectivity index (χ0n) is 16.6. The highest BCUT2D eigenvalue weighted by Crippen LogP contribution is 2.30. The minimum Gasteiger partial charge on any atom is -0.491 e. The lowest BCUT2D eigenvalue weighted by molar-refractivity contribution is -0.137. The molecule has 0 aliphatic heterocycles. The van der Waals surface area contributed by atoms with Crippen LogP contribution >= 0.6 is 0 Å². The van der Waals surface area contributed by atoms with Crippen LogP contribution in [0.25, 0.3) is 10.9 Å². The van der Waals surface area contributed by atoms with Crippen molar-refractivity contribution in [3.05, 3.63) is 83.6 Å². The van der Waals surface area contributed by atoms with Crippen molar-refractivity contribution >= 4 is 22.3 Å². The van der Waals surface area contributed by atoms with Gasteiger partial charge in [0, 0.05) is 29.3 Å². The van der Waals surface area contributed by atoms with Gasteiger partial charge in [-0.2, -0.15) is 13.2 Å². The van der Waals surface area contributed by atoms with Crippen molar-refractivity contribution in [2.45, 2.75) is 19.5 Å². The van der Waals surface area contributed by atoms with Gasteiger partial charge < -0.3 is 15.0 Å². The van der Waals surface area contributed by atoms with Gasteiger partial charge in [0.05, 0.1) is 35.8 Å². The summed E-state index contributed by atoms with van der Waals surface area (Å²) in [5.74, 6) is 0.270. The first-order chi connectivity index (χ1) is 14.8. The van der Waals surface area contributed by atoms with E-state index in [1.807, 2.05) is 6.92 Å². The molecule has 0 atom stereocenters. The summed E-state index contributed by atoms with van der Waals surface area (Å²) in [6, 6.07) is 10.3. The zero-order valence-corrected chi connectivity index (χ0v) is 16.6. The Morgan fingerprint density at radius 1 is 1.06 bits per heavy atom. The van der Waals surface area contributed by atoms with E-state index >= 15 is 0 Å². The molecule has 4 nitrogen and oxygen atoms in total. The Balaban J connectivity index is 1.41. The number of anilines is 2.